The number of rotatable bonds is 3. The van der Waals surface area contributed by atoms with Crippen LogP contribution in [0.25, 0.3) is 22.3 Å². The first kappa shape index (κ1) is 20.0. The highest BCUT2D eigenvalue weighted by Crippen LogP contribution is 2.23. The molecule has 1 N–H and O–H groups in total. The SMILES string of the molecule is COCC(C)n1cnc2c(Cl)nc(Cl)nc21.Clc1nc(Cl)c2[nH]cnc2n1. The summed E-state index contributed by atoms with van der Waals surface area (Å²) in [7, 11) is 1.64. The van der Waals surface area contributed by atoms with E-state index in [1.165, 1.54) is 6.33 Å². The number of imidazole rings is 2. The Kier molecular flexibility index (Phi) is 6.28. The van der Waals surface area contributed by atoms with Gasteiger partial charge in [-0.25, -0.2) is 19.9 Å². The number of aromatic amines is 1. The van der Waals surface area contributed by atoms with Crippen molar-refractivity contribution in [2.24, 2.45) is 0 Å². The Bertz CT molecular complexity index is 1080. The fraction of sp³-hybridized carbons (Fsp3) is 0.286. The molecule has 4 heterocycles. The van der Waals surface area contributed by atoms with Crippen LogP contribution in [0.3, 0.4) is 0 Å². The normalized spacial score (nSPS) is 12.2. The van der Waals surface area contributed by atoms with Crippen LogP contribution in [-0.4, -0.2) is 53.2 Å². The Morgan fingerprint density at radius 3 is 2.48 bits per heavy atom. The molecule has 0 aliphatic carbocycles. The van der Waals surface area contributed by atoms with Gasteiger partial charge in [-0.05, 0) is 30.1 Å². The van der Waals surface area contributed by atoms with Crippen molar-refractivity contribution in [3.8, 4) is 0 Å². The maximum absolute atomic E-state index is 5.91. The van der Waals surface area contributed by atoms with Crippen LogP contribution in [0.15, 0.2) is 12.7 Å². The lowest BCUT2D eigenvalue weighted by atomic mass is 10.3. The largest absolute Gasteiger partial charge is 0.383 e. The topological polar surface area (TPSA) is 107 Å². The highest BCUT2D eigenvalue weighted by atomic mass is 35.5. The van der Waals surface area contributed by atoms with Gasteiger partial charge in [-0.15, -0.1) is 0 Å². The minimum Gasteiger partial charge on any atom is -0.383 e. The lowest BCUT2D eigenvalue weighted by Crippen LogP contribution is -2.10. The molecule has 0 spiro atoms. The minimum absolute atomic E-state index is 0.106. The second kappa shape index (κ2) is 8.49. The molecule has 4 aromatic heterocycles. The fourth-order valence-corrected chi connectivity index (χ4v) is 3.12. The molecular formula is C14H12Cl4N8O. The minimum atomic E-state index is 0.106. The lowest BCUT2D eigenvalue weighted by molar-refractivity contribution is 0.163. The Labute approximate surface area is 173 Å². The van der Waals surface area contributed by atoms with Gasteiger partial charge < -0.3 is 14.3 Å². The molecule has 0 fully saturated rings. The van der Waals surface area contributed by atoms with E-state index in [-0.39, 0.29) is 26.9 Å². The molecule has 1 atom stereocenters. The van der Waals surface area contributed by atoms with Gasteiger partial charge in [0.2, 0.25) is 10.6 Å². The van der Waals surface area contributed by atoms with Crippen LogP contribution in [0, 0.1) is 0 Å². The van der Waals surface area contributed by atoms with Crippen molar-refractivity contribution in [2.75, 3.05) is 13.7 Å². The number of methoxy groups -OCH3 is 1. The molecule has 0 aliphatic heterocycles. The predicted molar refractivity (Wildman–Crippen MR) is 104 cm³/mol. The monoisotopic (exact) mass is 448 g/mol. The summed E-state index contributed by atoms with van der Waals surface area (Å²) in [6.07, 6.45) is 3.15. The van der Waals surface area contributed by atoms with Crippen LogP contribution >= 0.6 is 46.4 Å². The van der Waals surface area contributed by atoms with Crippen molar-refractivity contribution in [2.45, 2.75) is 13.0 Å². The Morgan fingerprint density at radius 1 is 1.04 bits per heavy atom. The third kappa shape index (κ3) is 4.39. The summed E-state index contributed by atoms with van der Waals surface area (Å²) in [6, 6.07) is 0.108. The van der Waals surface area contributed by atoms with Gasteiger partial charge in [-0.1, -0.05) is 23.2 Å². The summed E-state index contributed by atoms with van der Waals surface area (Å²) in [4.78, 5) is 26.3. The molecule has 1 unspecified atom stereocenters. The van der Waals surface area contributed by atoms with Crippen molar-refractivity contribution in [1.29, 1.82) is 0 Å². The van der Waals surface area contributed by atoms with E-state index in [9.17, 15) is 0 Å². The van der Waals surface area contributed by atoms with Gasteiger partial charge in [0.25, 0.3) is 0 Å². The van der Waals surface area contributed by atoms with Crippen LogP contribution < -0.4 is 0 Å². The van der Waals surface area contributed by atoms with Crippen LogP contribution in [0.2, 0.25) is 20.9 Å². The van der Waals surface area contributed by atoms with E-state index < -0.39 is 0 Å². The zero-order valence-corrected chi connectivity index (χ0v) is 17.0. The fourth-order valence-electron chi connectivity index (χ4n) is 2.27. The van der Waals surface area contributed by atoms with E-state index in [2.05, 4.69) is 34.9 Å². The summed E-state index contributed by atoms with van der Waals surface area (Å²) in [5.74, 6) is 0. The number of H-pyrrole nitrogens is 1. The smallest absolute Gasteiger partial charge is 0.225 e. The van der Waals surface area contributed by atoms with Gasteiger partial charge >= 0.3 is 0 Å². The van der Waals surface area contributed by atoms with E-state index >= 15 is 0 Å². The van der Waals surface area contributed by atoms with Gasteiger partial charge in [0, 0.05) is 7.11 Å². The molecule has 0 radical (unpaired) electrons. The second-order valence-electron chi connectivity index (χ2n) is 5.30. The quantitative estimate of drug-likeness (QED) is 0.372. The molecule has 9 nitrogen and oxygen atoms in total. The number of fused-ring (bicyclic) bond motifs is 2. The van der Waals surface area contributed by atoms with Crippen LogP contribution in [-0.2, 0) is 4.74 Å². The van der Waals surface area contributed by atoms with E-state index in [0.29, 0.717) is 28.9 Å². The first-order chi connectivity index (χ1) is 12.9. The van der Waals surface area contributed by atoms with Crippen molar-refractivity contribution in [3.63, 3.8) is 0 Å². The van der Waals surface area contributed by atoms with Crippen LogP contribution in [0.1, 0.15) is 13.0 Å². The van der Waals surface area contributed by atoms with Gasteiger partial charge in [0.1, 0.15) is 11.0 Å². The number of hydrogen-bond acceptors (Lipinski definition) is 7. The van der Waals surface area contributed by atoms with Crippen LogP contribution in [0.4, 0.5) is 0 Å². The highest BCUT2D eigenvalue weighted by Gasteiger charge is 2.14. The zero-order chi connectivity index (χ0) is 19.6. The molecule has 0 aromatic carbocycles. The number of halogens is 4. The predicted octanol–water partition coefficient (Wildman–Crippen LogP) is 4.00. The summed E-state index contributed by atoms with van der Waals surface area (Å²) >= 11 is 22.9. The summed E-state index contributed by atoms with van der Waals surface area (Å²) < 4.78 is 6.94. The molecule has 0 saturated carbocycles. The standard InChI is InChI=1S/C9H10Cl2N4O.C5H2Cl2N4/c1-5(3-16-2)15-4-12-6-7(10)13-9(11)14-8(6)15;6-3-2-4(9-1-8-2)11-5(7)10-3/h4-5H,3H2,1-2H3;1H,(H,8,9,10,11). The summed E-state index contributed by atoms with van der Waals surface area (Å²) in [6.45, 7) is 2.55. The Balaban J connectivity index is 0.000000166. The molecule has 13 heteroatoms. The van der Waals surface area contributed by atoms with Gasteiger partial charge in [-0.2, -0.15) is 9.97 Å². The van der Waals surface area contributed by atoms with Crippen LogP contribution in [0.5, 0.6) is 0 Å². The van der Waals surface area contributed by atoms with Crippen molar-refractivity contribution in [3.05, 3.63) is 33.5 Å². The second-order valence-corrected chi connectivity index (χ2v) is 6.69. The van der Waals surface area contributed by atoms with E-state index in [1.807, 2.05) is 11.5 Å². The third-order valence-electron chi connectivity index (χ3n) is 3.45. The molecule has 4 rings (SSSR count). The number of nitrogens with zero attached hydrogens (tertiary/aromatic N) is 7. The van der Waals surface area contributed by atoms with Crippen molar-refractivity contribution >= 4 is 68.7 Å². The molecule has 0 saturated heterocycles. The van der Waals surface area contributed by atoms with Crippen molar-refractivity contribution in [1.82, 2.24) is 39.5 Å². The molecule has 0 aliphatic rings. The number of hydrogen-bond donors (Lipinski definition) is 1. The van der Waals surface area contributed by atoms with E-state index in [4.69, 9.17) is 51.1 Å². The third-order valence-corrected chi connectivity index (χ3v) is 4.32. The molecule has 4 aromatic rings. The zero-order valence-electron chi connectivity index (χ0n) is 14.0. The van der Waals surface area contributed by atoms with E-state index in [1.54, 1.807) is 13.4 Å². The van der Waals surface area contributed by atoms with Crippen molar-refractivity contribution < 1.29 is 4.74 Å². The Morgan fingerprint density at radius 2 is 1.74 bits per heavy atom. The molecule has 0 amide bonds. The number of aromatic nitrogens is 8. The number of nitrogens with one attached hydrogen (secondary N) is 1. The average molecular weight is 450 g/mol. The van der Waals surface area contributed by atoms with Gasteiger partial charge in [-0.3, -0.25) is 0 Å². The summed E-state index contributed by atoms with van der Waals surface area (Å²) in [5.41, 5.74) is 2.26. The summed E-state index contributed by atoms with van der Waals surface area (Å²) in [5, 5.41) is 0.773. The maximum Gasteiger partial charge on any atom is 0.225 e. The molecule has 27 heavy (non-hydrogen) atoms. The Hall–Kier alpha value is -1.78. The van der Waals surface area contributed by atoms with E-state index in [0.717, 1.165) is 0 Å². The molecular weight excluding hydrogens is 438 g/mol. The number of ether oxygens (including phenoxy) is 1. The van der Waals surface area contributed by atoms with Gasteiger partial charge in [0.05, 0.1) is 25.3 Å². The molecule has 0 bridgehead atoms. The maximum atomic E-state index is 5.91. The molecule has 142 valence electrons. The first-order valence-electron chi connectivity index (χ1n) is 7.47. The lowest BCUT2D eigenvalue weighted by Gasteiger charge is -2.12. The average Bonchev–Trinajstić information content (AvgIpc) is 3.22. The first-order valence-corrected chi connectivity index (χ1v) is 8.98. The van der Waals surface area contributed by atoms with Gasteiger partial charge in [0.15, 0.2) is 21.6 Å². The highest BCUT2D eigenvalue weighted by molar-refractivity contribution is 6.35.